The lowest BCUT2D eigenvalue weighted by atomic mass is 9.97. The summed E-state index contributed by atoms with van der Waals surface area (Å²) >= 11 is 0. The molecule has 20 heavy (non-hydrogen) atoms. The first-order valence-corrected chi connectivity index (χ1v) is 6.50. The molecular weight excluding hydrogens is 274 g/mol. The quantitative estimate of drug-likeness (QED) is 0.787. The zero-order valence-corrected chi connectivity index (χ0v) is 11.5. The van der Waals surface area contributed by atoms with Crippen molar-refractivity contribution < 1.29 is 22.7 Å². The smallest absolute Gasteiger partial charge is 0.389 e. The van der Waals surface area contributed by atoms with Crippen molar-refractivity contribution in [3.8, 4) is 0 Å². The number of aliphatic hydroxyl groups is 1. The van der Waals surface area contributed by atoms with Crippen molar-refractivity contribution >= 4 is 0 Å². The van der Waals surface area contributed by atoms with Crippen LogP contribution in [0.4, 0.5) is 17.6 Å². The van der Waals surface area contributed by atoms with Gasteiger partial charge in [-0.05, 0) is 30.5 Å². The van der Waals surface area contributed by atoms with Gasteiger partial charge in [-0.3, -0.25) is 0 Å². The van der Waals surface area contributed by atoms with Crippen LogP contribution in [0.1, 0.15) is 37.8 Å². The van der Waals surface area contributed by atoms with Crippen LogP contribution in [0.25, 0.3) is 0 Å². The first-order chi connectivity index (χ1) is 9.22. The van der Waals surface area contributed by atoms with Gasteiger partial charge in [0.1, 0.15) is 5.82 Å². The van der Waals surface area contributed by atoms with Gasteiger partial charge >= 0.3 is 6.18 Å². The summed E-state index contributed by atoms with van der Waals surface area (Å²) in [5.74, 6) is -1.28. The largest absolute Gasteiger partial charge is 0.419 e. The van der Waals surface area contributed by atoms with Crippen LogP contribution < -0.4 is 5.32 Å². The summed E-state index contributed by atoms with van der Waals surface area (Å²) in [7, 11) is 0. The third-order valence-corrected chi connectivity index (χ3v) is 3.44. The molecule has 0 saturated heterocycles. The predicted molar refractivity (Wildman–Crippen MR) is 68.6 cm³/mol. The maximum atomic E-state index is 13.1. The SMILES string of the molecule is CCC(O)(CC)CNCc1ccc(F)c(C(F)(F)F)c1. The Kier molecular flexibility index (Phi) is 5.53. The highest BCUT2D eigenvalue weighted by atomic mass is 19.4. The van der Waals surface area contributed by atoms with Gasteiger partial charge in [0.25, 0.3) is 0 Å². The van der Waals surface area contributed by atoms with E-state index in [2.05, 4.69) is 5.32 Å². The summed E-state index contributed by atoms with van der Waals surface area (Å²) in [4.78, 5) is 0. The van der Waals surface area contributed by atoms with E-state index in [4.69, 9.17) is 0 Å². The predicted octanol–water partition coefficient (Wildman–Crippen LogP) is 3.49. The maximum Gasteiger partial charge on any atom is 0.419 e. The van der Waals surface area contributed by atoms with Crippen molar-refractivity contribution in [2.45, 2.75) is 45.0 Å². The first kappa shape index (κ1) is 16.9. The van der Waals surface area contributed by atoms with E-state index in [-0.39, 0.29) is 13.1 Å². The van der Waals surface area contributed by atoms with Crippen molar-refractivity contribution in [1.82, 2.24) is 5.32 Å². The van der Waals surface area contributed by atoms with E-state index < -0.39 is 23.2 Å². The standard InChI is InChI=1S/C14H19F4NO/c1-3-13(20,4-2)9-19-8-10-5-6-12(15)11(7-10)14(16,17)18/h5-7,19-20H,3-4,8-9H2,1-2H3. The van der Waals surface area contributed by atoms with E-state index in [1.54, 1.807) is 0 Å². The summed E-state index contributed by atoms with van der Waals surface area (Å²) in [5, 5.41) is 12.9. The molecule has 0 aliphatic rings. The number of benzene rings is 1. The van der Waals surface area contributed by atoms with Gasteiger partial charge in [-0.25, -0.2) is 4.39 Å². The lowest BCUT2D eigenvalue weighted by molar-refractivity contribution is -0.140. The van der Waals surface area contributed by atoms with E-state index in [9.17, 15) is 22.7 Å². The number of halogens is 4. The van der Waals surface area contributed by atoms with Gasteiger partial charge < -0.3 is 10.4 Å². The fourth-order valence-electron chi connectivity index (χ4n) is 1.84. The summed E-state index contributed by atoms with van der Waals surface area (Å²) in [6, 6.07) is 2.90. The summed E-state index contributed by atoms with van der Waals surface area (Å²) in [5.41, 5.74) is -1.81. The highest BCUT2D eigenvalue weighted by molar-refractivity contribution is 5.27. The van der Waals surface area contributed by atoms with Crippen molar-refractivity contribution in [1.29, 1.82) is 0 Å². The first-order valence-electron chi connectivity index (χ1n) is 6.50. The maximum absolute atomic E-state index is 13.1. The van der Waals surface area contributed by atoms with Gasteiger partial charge in [0.2, 0.25) is 0 Å². The Balaban J connectivity index is 2.71. The van der Waals surface area contributed by atoms with Crippen LogP contribution >= 0.6 is 0 Å². The molecule has 0 fully saturated rings. The highest BCUT2D eigenvalue weighted by Gasteiger charge is 2.34. The Morgan fingerprint density at radius 2 is 1.75 bits per heavy atom. The summed E-state index contributed by atoms with van der Waals surface area (Å²) < 4.78 is 50.8. The van der Waals surface area contributed by atoms with Crippen LogP contribution in [0, 0.1) is 5.82 Å². The fraction of sp³-hybridized carbons (Fsp3) is 0.571. The lowest BCUT2D eigenvalue weighted by Crippen LogP contribution is -2.39. The summed E-state index contributed by atoms with van der Waals surface area (Å²) in [6.45, 7) is 4.10. The van der Waals surface area contributed by atoms with Crippen molar-refractivity contribution in [3.63, 3.8) is 0 Å². The molecule has 0 aromatic heterocycles. The third-order valence-electron chi connectivity index (χ3n) is 3.44. The number of hydrogen-bond acceptors (Lipinski definition) is 2. The Hall–Kier alpha value is -1.14. The van der Waals surface area contributed by atoms with E-state index >= 15 is 0 Å². The topological polar surface area (TPSA) is 32.3 Å². The van der Waals surface area contributed by atoms with Crippen LogP contribution in [0.2, 0.25) is 0 Å². The minimum atomic E-state index is -4.70. The van der Waals surface area contributed by atoms with Gasteiger partial charge in [0.15, 0.2) is 0 Å². The van der Waals surface area contributed by atoms with Crippen molar-refractivity contribution in [3.05, 3.63) is 35.1 Å². The van der Waals surface area contributed by atoms with E-state index in [0.717, 1.165) is 12.1 Å². The van der Waals surface area contributed by atoms with Gasteiger partial charge in [0, 0.05) is 13.1 Å². The minimum Gasteiger partial charge on any atom is -0.389 e. The van der Waals surface area contributed by atoms with E-state index in [1.807, 2.05) is 13.8 Å². The normalized spacial score (nSPS) is 12.8. The summed E-state index contributed by atoms with van der Waals surface area (Å²) in [6.07, 6.45) is -3.60. The molecule has 0 heterocycles. The minimum absolute atomic E-state index is 0.145. The van der Waals surface area contributed by atoms with Crippen LogP contribution in [-0.2, 0) is 12.7 Å². The third kappa shape index (κ3) is 4.45. The highest BCUT2D eigenvalue weighted by Crippen LogP contribution is 2.31. The van der Waals surface area contributed by atoms with Crippen LogP contribution in [-0.4, -0.2) is 17.3 Å². The number of rotatable bonds is 6. The van der Waals surface area contributed by atoms with Gasteiger partial charge in [-0.1, -0.05) is 19.9 Å². The van der Waals surface area contributed by atoms with E-state index in [0.29, 0.717) is 18.4 Å². The lowest BCUT2D eigenvalue weighted by Gasteiger charge is -2.25. The molecular formula is C14H19F4NO. The molecule has 114 valence electrons. The molecule has 1 aromatic carbocycles. The molecule has 0 unspecified atom stereocenters. The van der Waals surface area contributed by atoms with Crippen LogP contribution in [0.15, 0.2) is 18.2 Å². The Morgan fingerprint density at radius 1 is 1.15 bits per heavy atom. The Bertz CT molecular complexity index is 441. The molecule has 2 N–H and O–H groups in total. The molecule has 2 nitrogen and oxygen atoms in total. The molecule has 0 amide bonds. The van der Waals surface area contributed by atoms with Crippen LogP contribution in [0.3, 0.4) is 0 Å². The van der Waals surface area contributed by atoms with Gasteiger partial charge in [0.05, 0.1) is 11.2 Å². The molecule has 0 bridgehead atoms. The van der Waals surface area contributed by atoms with Crippen molar-refractivity contribution in [2.24, 2.45) is 0 Å². The average molecular weight is 293 g/mol. The molecule has 0 atom stereocenters. The zero-order valence-electron chi connectivity index (χ0n) is 11.5. The van der Waals surface area contributed by atoms with Gasteiger partial charge in [-0.2, -0.15) is 13.2 Å². The fourth-order valence-corrected chi connectivity index (χ4v) is 1.84. The number of alkyl halides is 3. The molecule has 0 aliphatic heterocycles. The number of hydrogen-bond donors (Lipinski definition) is 2. The van der Waals surface area contributed by atoms with Crippen LogP contribution in [0.5, 0.6) is 0 Å². The molecule has 1 aromatic rings. The monoisotopic (exact) mass is 293 g/mol. The second kappa shape index (κ2) is 6.54. The Morgan fingerprint density at radius 3 is 2.25 bits per heavy atom. The molecule has 0 spiro atoms. The molecule has 0 saturated carbocycles. The second-order valence-corrected chi connectivity index (χ2v) is 4.85. The van der Waals surface area contributed by atoms with E-state index in [1.165, 1.54) is 6.07 Å². The molecule has 0 radical (unpaired) electrons. The molecule has 6 heteroatoms. The average Bonchev–Trinajstić information content (AvgIpc) is 2.39. The van der Waals surface area contributed by atoms with Crippen molar-refractivity contribution in [2.75, 3.05) is 6.54 Å². The zero-order chi connectivity index (χ0) is 15.4. The second-order valence-electron chi connectivity index (χ2n) is 4.85. The number of nitrogens with one attached hydrogen (secondary N) is 1. The Labute approximate surface area is 115 Å². The molecule has 0 aliphatic carbocycles. The van der Waals surface area contributed by atoms with Gasteiger partial charge in [-0.15, -0.1) is 0 Å². The molecule has 1 rings (SSSR count).